The van der Waals surface area contributed by atoms with Crippen molar-refractivity contribution in [2.24, 2.45) is 10.2 Å². The summed E-state index contributed by atoms with van der Waals surface area (Å²) in [6, 6.07) is 3.56. The van der Waals surface area contributed by atoms with E-state index in [0.717, 1.165) is 6.07 Å². The second-order valence-electron chi connectivity index (χ2n) is 3.70. The number of non-ortho nitro benzene ring substituents is 1. The van der Waals surface area contributed by atoms with Gasteiger partial charge in [0.15, 0.2) is 4.77 Å². The molecule has 21 heavy (non-hydrogen) atoms. The summed E-state index contributed by atoms with van der Waals surface area (Å²) in [7, 11) is 0. The van der Waals surface area contributed by atoms with Crippen molar-refractivity contribution in [3.8, 4) is 5.88 Å². The maximum Gasteiger partial charge on any atom is 0.283 e. The molecule has 0 spiro atoms. The summed E-state index contributed by atoms with van der Waals surface area (Å²) in [6.45, 7) is 0. The fraction of sp³-hybridized carbons (Fsp3) is 0. The molecular weight excluding hydrogens is 322 g/mol. The number of benzene rings is 1. The SMILES string of the molecule is O=c1[nH]c(=S)[nH]c(O)c1N=Nc1cc([N+](=O)[O-])ccc1Cl. The molecule has 9 nitrogen and oxygen atoms in total. The third-order valence-corrected chi connectivity index (χ3v) is 2.82. The minimum Gasteiger partial charge on any atom is -0.493 e. The Labute approximate surface area is 126 Å². The molecule has 0 saturated carbocycles. The van der Waals surface area contributed by atoms with Gasteiger partial charge in [0, 0.05) is 12.1 Å². The predicted octanol–water partition coefficient (Wildman–Crippen LogP) is 3.12. The highest BCUT2D eigenvalue weighted by molar-refractivity contribution is 7.71. The molecule has 0 radical (unpaired) electrons. The Kier molecular flexibility index (Phi) is 4.10. The van der Waals surface area contributed by atoms with Gasteiger partial charge in [0.2, 0.25) is 11.6 Å². The molecule has 0 amide bonds. The van der Waals surface area contributed by atoms with Crippen LogP contribution in [0.5, 0.6) is 5.88 Å². The van der Waals surface area contributed by atoms with Crippen molar-refractivity contribution >= 4 is 40.9 Å². The molecule has 3 N–H and O–H groups in total. The molecule has 1 heterocycles. The Morgan fingerprint density at radius 1 is 1.33 bits per heavy atom. The Morgan fingerprint density at radius 2 is 2.05 bits per heavy atom. The lowest BCUT2D eigenvalue weighted by molar-refractivity contribution is -0.384. The fourth-order valence-corrected chi connectivity index (χ4v) is 1.70. The summed E-state index contributed by atoms with van der Waals surface area (Å²) < 4.78 is -0.0789. The molecule has 108 valence electrons. The predicted molar refractivity (Wildman–Crippen MR) is 76.2 cm³/mol. The standard InChI is InChI=1S/C10H6ClN5O4S/c11-5-2-1-4(16(19)20)3-6(5)14-15-7-8(17)12-10(21)13-9(7)18/h1-3H,(H3,12,13,17,18,21). The number of H-pyrrole nitrogens is 2. The molecule has 0 bridgehead atoms. The van der Waals surface area contributed by atoms with Crippen LogP contribution in [0.25, 0.3) is 0 Å². The van der Waals surface area contributed by atoms with Gasteiger partial charge in [0.05, 0.1) is 9.95 Å². The number of aromatic nitrogens is 2. The van der Waals surface area contributed by atoms with Crippen LogP contribution >= 0.6 is 23.8 Å². The average Bonchev–Trinajstić information content (AvgIpc) is 2.39. The topological polar surface area (TPSA) is 137 Å². The number of aromatic hydroxyl groups is 1. The van der Waals surface area contributed by atoms with Crippen molar-refractivity contribution in [2.45, 2.75) is 0 Å². The van der Waals surface area contributed by atoms with Crippen LogP contribution in [-0.2, 0) is 0 Å². The van der Waals surface area contributed by atoms with E-state index in [1.54, 1.807) is 0 Å². The quantitative estimate of drug-likeness (QED) is 0.344. The highest BCUT2D eigenvalue weighted by Gasteiger charge is 2.11. The Bertz CT molecular complexity index is 859. The molecule has 0 aliphatic heterocycles. The summed E-state index contributed by atoms with van der Waals surface area (Å²) in [4.78, 5) is 26.1. The van der Waals surface area contributed by atoms with Crippen LogP contribution in [0.3, 0.4) is 0 Å². The minimum absolute atomic E-state index is 0.0212. The maximum absolute atomic E-state index is 11.5. The van der Waals surface area contributed by atoms with Gasteiger partial charge in [-0.3, -0.25) is 19.9 Å². The number of hydrogen-bond donors (Lipinski definition) is 3. The molecule has 0 fully saturated rings. The lowest BCUT2D eigenvalue weighted by atomic mass is 10.3. The van der Waals surface area contributed by atoms with Crippen molar-refractivity contribution in [1.29, 1.82) is 0 Å². The summed E-state index contributed by atoms with van der Waals surface area (Å²) in [6.07, 6.45) is 0. The molecule has 2 rings (SSSR count). The molecular formula is C10H6ClN5O4S. The van der Waals surface area contributed by atoms with Crippen LogP contribution < -0.4 is 5.56 Å². The lowest BCUT2D eigenvalue weighted by Gasteiger charge is -1.98. The number of azo groups is 1. The largest absolute Gasteiger partial charge is 0.493 e. The number of hydrogen-bond acceptors (Lipinski definition) is 7. The molecule has 11 heteroatoms. The van der Waals surface area contributed by atoms with Gasteiger partial charge in [-0.15, -0.1) is 10.2 Å². The normalized spacial score (nSPS) is 10.9. The van der Waals surface area contributed by atoms with E-state index in [0.29, 0.717) is 0 Å². The van der Waals surface area contributed by atoms with Gasteiger partial charge < -0.3 is 10.1 Å². The number of halogens is 1. The van der Waals surface area contributed by atoms with Crippen molar-refractivity contribution in [1.82, 2.24) is 9.97 Å². The smallest absolute Gasteiger partial charge is 0.283 e. The molecule has 0 aliphatic carbocycles. The monoisotopic (exact) mass is 327 g/mol. The first-order chi connectivity index (χ1) is 9.88. The maximum atomic E-state index is 11.5. The molecule has 0 unspecified atom stereocenters. The van der Waals surface area contributed by atoms with E-state index >= 15 is 0 Å². The van der Waals surface area contributed by atoms with Crippen molar-refractivity contribution < 1.29 is 10.0 Å². The van der Waals surface area contributed by atoms with Gasteiger partial charge in [0.1, 0.15) is 5.69 Å². The van der Waals surface area contributed by atoms with Crippen LogP contribution in [0.2, 0.25) is 5.02 Å². The molecule has 1 aromatic heterocycles. The van der Waals surface area contributed by atoms with E-state index in [9.17, 15) is 20.0 Å². The third kappa shape index (κ3) is 3.30. The van der Waals surface area contributed by atoms with Gasteiger partial charge in [-0.2, -0.15) is 0 Å². The van der Waals surface area contributed by atoms with E-state index in [-0.39, 0.29) is 21.2 Å². The van der Waals surface area contributed by atoms with Crippen LogP contribution in [-0.4, -0.2) is 20.0 Å². The van der Waals surface area contributed by atoms with Gasteiger partial charge in [0.25, 0.3) is 11.2 Å². The second-order valence-corrected chi connectivity index (χ2v) is 4.51. The third-order valence-electron chi connectivity index (χ3n) is 2.30. The van der Waals surface area contributed by atoms with Crippen LogP contribution in [0.4, 0.5) is 17.1 Å². The molecule has 2 aromatic rings. The van der Waals surface area contributed by atoms with E-state index < -0.39 is 22.0 Å². The second kappa shape index (κ2) is 5.81. The van der Waals surface area contributed by atoms with Gasteiger partial charge in [-0.1, -0.05) is 11.6 Å². The van der Waals surface area contributed by atoms with Crippen LogP contribution in [0.1, 0.15) is 0 Å². The van der Waals surface area contributed by atoms with E-state index in [1.807, 2.05) is 0 Å². The van der Waals surface area contributed by atoms with Crippen molar-refractivity contribution in [3.63, 3.8) is 0 Å². The minimum atomic E-state index is -0.762. The number of nitrogens with one attached hydrogen (secondary N) is 2. The van der Waals surface area contributed by atoms with Crippen molar-refractivity contribution in [3.05, 3.63) is 48.5 Å². The number of rotatable bonds is 3. The number of aromatic amines is 2. The zero-order valence-electron chi connectivity index (χ0n) is 10.0. The zero-order valence-corrected chi connectivity index (χ0v) is 11.6. The van der Waals surface area contributed by atoms with E-state index in [2.05, 4.69) is 32.4 Å². The van der Waals surface area contributed by atoms with E-state index in [1.165, 1.54) is 12.1 Å². The zero-order chi connectivity index (χ0) is 15.6. The fourth-order valence-electron chi connectivity index (χ4n) is 1.36. The molecule has 0 atom stereocenters. The number of nitrogens with zero attached hydrogens (tertiary/aromatic N) is 3. The van der Waals surface area contributed by atoms with Gasteiger partial charge in [-0.25, -0.2) is 0 Å². The summed E-state index contributed by atoms with van der Waals surface area (Å²) >= 11 is 10.5. The molecule has 1 aromatic carbocycles. The lowest BCUT2D eigenvalue weighted by Crippen LogP contribution is -2.06. The first-order valence-corrected chi connectivity index (χ1v) is 6.08. The average molecular weight is 328 g/mol. The molecule has 0 aliphatic rings. The first-order valence-electron chi connectivity index (χ1n) is 5.29. The number of nitro groups is 1. The molecule has 0 saturated heterocycles. The first kappa shape index (κ1) is 14.8. The summed E-state index contributed by atoms with van der Waals surface area (Å²) in [5.41, 5.74) is -1.45. The highest BCUT2D eigenvalue weighted by Crippen LogP contribution is 2.31. The van der Waals surface area contributed by atoms with Crippen LogP contribution in [0, 0.1) is 14.9 Å². The summed E-state index contributed by atoms with van der Waals surface area (Å²) in [5, 5.41) is 27.4. The number of nitro benzene ring substituents is 1. The van der Waals surface area contributed by atoms with Gasteiger partial charge >= 0.3 is 0 Å². The Balaban J connectivity index is 2.47. The van der Waals surface area contributed by atoms with Crippen LogP contribution in [0.15, 0.2) is 33.2 Å². The van der Waals surface area contributed by atoms with Crippen molar-refractivity contribution in [2.75, 3.05) is 0 Å². The van der Waals surface area contributed by atoms with E-state index in [4.69, 9.17) is 11.6 Å². The Hall–Kier alpha value is -2.59. The summed E-state index contributed by atoms with van der Waals surface area (Å²) in [5.74, 6) is -0.575. The van der Waals surface area contributed by atoms with Gasteiger partial charge in [-0.05, 0) is 18.3 Å². The Morgan fingerprint density at radius 3 is 2.67 bits per heavy atom. The highest BCUT2D eigenvalue weighted by atomic mass is 35.5.